The monoisotopic (exact) mass is 1470 g/mol. The molecule has 0 aliphatic carbocycles. The Bertz CT molecular complexity index is 1960. The SMILES string of the molecule is CCC(C)CCCCCCCCCCCCCCCCCCCCC(=O)O[C@H](COC(=O)CCCCCCCCC(C)C)COP(=O)(O)OC[C@H](O)COP(=O)(O)OC[C@@H](COC(=O)CCCCCCCCCCCCCCC(C)C)OC(=O)CCCCCCCCCCCCCC(C)C. The average Bonchev–Trinajstić information content (AvgIpc) is 0.931. The average molecular weight is 1470 g/mol. The van der Waals surface area contributed by atoms with Crippen molar-refractivity contribution in [3.63, 3.8) is 0 Å². The van der Waals surface area contributed by atoms with E-state index in [1.165, 1.54) is 212 Å². The van der Waals surface area contributed by atoms with E-state index >= 15 is 0 Å². The van der Waals surface area contributed by atoms with Crippen LogP contribution in [0.25, 0.3) is 0 Å². The summed E-state index contributed by atoms with van der Waals surface area (Å²) in [6.45, 7) is 14.2. The van der Waals surface area contributed by atoms with Crippen molar-refractivity contribution >= 4 is 39.5 Å². The van der Waals surface area contributed by atoms with Crippen molar-refractivity contribution in [3.8, 4) is 0 Å². The topological polar surface area (TPSA) is 237 Å². The summed E-state index contributed by atoms with van der Waals surface area (Å²) in [6, 6.07) is 0. The van der Waals surface area contributed by atoms with Crippen LogP contribution in [0.5, 0.6) is 0 Å². The maximum atomic E-state index is 13.1. The first-order valence-electron chi connectivity index (χ1n) is 41.7. The second-order valence-electron chi connectivity index (χ2n) is 30.8. The van der Waals surface area contributed by atoms with Gasteiger partial charge in [-0.15, -0.1) is 0 Å². The highest BCUT2D eigenvalue weighted by Gasteiger charge is 2.30. The zero-order valence-corrected chi connectivity index (χ0v) is 67.6. The highest BCUT2D eigenvalue weighted by molar-refractivity contribution is 7.47. The van der Waals surface area contributed by atoms with E-state index in [0.717, 1.165) is 114 Å². The molecule has 0 aromatic rings. The van der Waals surface area contributed by atoms with Crippen LogP contribution in [0.4, 0.5) is 0 Å². The van der Waals surface area contributed by atoms with Gasteiger partial charge in [-0.1, -0.05) is 364 Å². The largest absolute Gasteiger partial charge is 0.472 e. The van der Waals surface area contributed by atoms with Gasteiger partial charge in [-0.3, -0.25) is 37.3 Å². The van der Waals surface area contributed by atoms with E-state index in [0.29, 0.717) is 31.6 Å². The van der Waals surface area contributed by atoms with Gasteiger partial charge >= 0.3 is 39.5 Å². The standard InChI is InChI=1S/C81H158O17P2/c1-9-74(8)60-52-44-35-29-23-16-14-12-10-11-13-15-17-25-31-37-47-55-63-80(85)98-77(68-92-79(84)62-54-46-40-39-43-51-59-73(6)7)70-96-100(89,90)94-66-75(82)65-93-99(87,88)95-69-76(97-81(86)64-56-48-38-32-26-20-22-28-34-42-50-58-72(4)5)67-91-78(83)61-53-45-36-30-24-19-18-21-27-33-41-49-57-71(2)3/h71-77,82H,9-70H2,1-8H3,(H,87,88)(H,89,90)/t74?,75-,76-,77-/m1/s1. The van der Waals surface area contributed by atoms with Gasteiger partial charge in [0.2, 0.25) is 0 Å². The summed E-state index contributed by atoms with van der Waals surface area (Å²) in [5.74, 6) is 0.981. The maximum absolute atomic E-state index is 13.1. The van der Waals surface area contributed by atoms with Crippen LogP contribution in [0.2, 0.25) is 0 Å². The van der Waals surface area contributed by atoms with Crippen molar-refractivity contribution in [3.05, 3.63) is 0 Å². The number of esters is 4. The number of unbranched alkanes of at least 4 members (excludes halogenated alkanes) is 43. The van der Waals surface area contributed by atoms with Crippen LogP contribution >= 0.6 is 15.6 Å². The molecule has 19 heteroatoms. The molecule has 0 fully saturated rings. The molecule has 0 heterocycles. The predicted molar refractivity (Wildman–Crippen MR) is 409 cm³/mol. The third-order valence-electron chi connectivity index (χ3n) is 19.2. The van der Waals surface area contributed by atoms with Gasteiger partial charge in [0.1, 0.15) is 19.3 Å². The normalized spacial score (nSPS) is 14.3. The Balaban J connectivity index is 5.18. The second kappa shape index (κ2) is 70.1. The molecule has 0 rings (SSSR count). The van der Waals surface area contributed by atoms with E-state index in [4.69, 9.17) is 37.0 Å². The number of phosphoric ester groups is 2. The smallest absolute Gasteiger partial charge is 0.462 e. The second-order valence-corrected chi connectivity index (χ2v) is 33.7. The number of ether oxygens (including phenoxy) is 4. The third kappa shape index (κ3) is 73.0. The molecular weight excluding hydrogens is 1310 g/mol. The number of aliphatic hydroxyl groups excluding tert-OH is 1. The lowest BCUT2D eigenvalue weighted by Crippen LogP contribution is -2.30. The molecule has 0 amide bonds. The minimum absolute atomic E-state index is 0.106. The van der Waals surface area contributed by atoms with Crippen LogP contribution < -0.4 is 0 Å². The van der Waals surface area contributed by atoms with Crippen molar-refractivity contribution in [2.45, 2.75) is 433 Å². The summed E-state index contributed by atoms with van der Waals surface area (Å²) < 4.78 is 68.7. The van der Waals surface area contributed by atoms with Gasteiger partial charge in [0, 0.05) is 25.7 Å². The van der Waals surface area contributed by atoms with Crippen molar-refractivity contribution in [2.75, 3.05) is 39.6 Å². The van der Waals surface area contributed by atoms with Crippen molar-refractivity contribution < 1.29 is 80.2 Å². The summed E-state index contributed by atoms with van der Waals surface area (Å²) in [4.78, 5) is 73.0. The number of rotatable bonds is 78. The highest BCUT2D eigenvalue weighted by Crippen LogP contribution is 2.45. The molecule has 0 saturated heterocycles. The highest BCUT2D eigenvalue weighted by atomic mass is 31.2. The number of hydrogen-bond acceptors (Lipinski definition) is 15. The molecule has 100 heavy (non-hydrogen) atoms. The van der Waals surface area contributed by atoms with Crippen LogP contribution in [-0.4, -0.2) is 96.7 Å². The summed E-state index contributed by atoms with van der Waals surface area (Å²) in [7, 11) is -9.92. The van der Waals surface area contributed by atoms with Gasteiger partial charge in [0.05, 0.1) is 26.4 Å². The Morgan fingerprint density at radius 2 is 0.480 bits per heavy atom. The van der Waals surface area contributed by atoms with E-state index in [1.807, 2.05) is 0 Å². The quantitative estimate of drug-likeness (QED) is 0.0222. The Labute approximate surface area is 613 Å². The van der Waals surface area contributed by atoms with Gasteiger partial charge in [-0.2, -0.15) is 0 Å². The van der Waals surface area contributed by atoms with E-state index in [1.54, 1.807) is 0 Å². The Kier molecular flexibility index (Phi) is 68.7. The lowest BCUT2D eigenvalue weighted by Gasteiger charge is -2.21. The number of carbonyl (C=O) groups is 4. The van der Waals surface area contributed by atoms with Crippen molar-refractivity contribution in [1.29, 1.82) is 0 Å². The van der Waals surface area contributed by atoms with Crippen molar-refractivity contribution in [1.82, 2.24) is 0 Å². The molecular formula is C81H158O17P2. The van der Waals surface area contributed by atoms with Crippen LogP contribution in [0.3, 0.4) is 0 Å². The molecule has 0 saturated carbocycles. The zero-order valence-electron chi connectivity index (χ0n) is 65.8. The Morgan fingerprint density at radius 1 is 0.280 bits per heavy atom. The van der Waals surface area contributed by atoms with E-state index in [-0.39, 0.29) is 25.7 Å². The first-order chi connectivity index (χ1) is 48.1. The fourth-order valence-corrected chi connectivity index (χ4v) is 14.0. The lowest BCUT2D eigenvalue weighted by atomic mass is 9.99. The van der Waals surface area contributed by atoms with Gasteiger partial charge < -0.3 is 33.8 Å². The van der Waals surface area contributed by atoms with E-state index in [2.05, 4.69) is 55.4 Å². The zero-order chi connectivity index (χ0) is 73.8. The summed E-state index contributed by atoms with van der Waals surface area (Å²) >= 11 is 0. The van der Waals surface area contributed by atoms with Crippen molar-refractivity contribution in [2.24, 2.45) is 23.7 Å². The first-order valence-corrected chi connectivity index (χ1v) is 44.7. The fraction of sp³-hybridized carbons (Fsp3) is 0.951. The number of phosphoric acid groups is 2. The molecule has 6 atom stereocenters. The number of hydrogen-bond donors (Lipinski definition) is 3. The predicted octanol–water partition coefficient (Wildman–Crippen LogP) is 24.0. The maximum Gasteiger partial charge on any atom is 0.472 e. The number of carbonyl (C=O) groups excluding carboxylic acids is 4. The van der Waals surface area contributed by atoms with E-state index < -0.39 is 97.5 Å². The van der Waals surface area contributed by atoms with Crippen LogP contribution in [-0.2, 0) is 65.4 Å². The molecule has 594 valence electrons. The van der Waals surface area contributed by atoms with Gasteiger partial charge in [0.25, 0.3) is 0 Å². The molecule has 0 aliphatic heterocycles. The molecule has 0 bridgehead atoms. The van der Waals surface area contributed by atoms with E-state index in [9.17, 15) is 43.2 Å². The summed E-state index contributed by atoms with van der Waals surface area (Å²) in [5.41, 5.74) is 0. The lowest BCUT2D eigenvalue weighted by molar-refractivity contribution is -0.161. The van der Waals surface area contributed by atoms with Gasteiger partial charge in [-0.25, -0.2) is 9.13 Å². The fourth-order valence-electron chi connectivity index (χ4n) is 12.4. The van der Waals surface area contributed by atoms with Crippen LogP contribution in [0.1, 0.15) is 415 Å². The Morgan fingerprint density at radius 3 is 0.710 bits per heavy atom. The van der Waals surface area contributed by atoms with Crippen LogP contribution in [0, 0.1) is 23.7 Å². The molecule has 0 spiro atoms. The van der Waals surface area contributed by atoms with Gasteiger partial charge in [0.15, 0.2) is 12.2 Å². The van der Waals surface area contributed by atoms with Crippen LogP contribution in [0.15, 0.2) is 0 Å². The summed E-state index contributed by atoms with van der Waals surface area (Å²) in [5, 5.41) is 10.6. The summed E-state index contributed by atoms with van der Waals surface area (Å²) in [6.07, 6.45) is 57.1. The number of aliphatic hydroxyl groups is 1. The molecule has 0 radical (unpaired) electrons. The molecule has 0 aromatic heterocycles. The van der Waals surface area contributed by atoms with Gasteiger partial charge in [-0.05, 0) is 49.4 Å². The first kappa shape index (κ1) is 98.1. The molecule has 0 aromatic carbocycles. The molecule has 17 nitrogen and oxygen atoms in total. The molecule has 0 aliphatic rings. The molecule has 3 unspecified atom stereocenters. The minimum Gasteiger partial charge on any atom is -0.462 e. The third-order valence-corrected chi connectivity index (χ3v) is 21.1. The molecule has 3 N–H and O–H groups in total. The Hall–Kier alpha value is -1.94. The minimum atomic E-state index is -4.96.